The van der Waals surface area contributed by atoms with Gasteiger partial charge in [0.15, 0.2) is 0 Å². The van der Waals surface area contributed by atoms with Crippen LogP contribution in [0.1, 0.15) is 51.0 Å². The number of nitrogens with one attached hydrogen (secondary N) is 2. The summed E-state index contributed by atoms with van der Waals surface area (Å²) in [5, 5.41) is 3.27. The first-order chi connectivity index (χ1) is 11.7. The van der Waals surface area contributed by atoms with Crippen LogP contribution in [0.15, 0.2) is 24.3 Å². The maximum Gasteiger partial charge on any atom is 0.223 e. The van der Waals surface area contributed by atoms with Crippen molar-refractivity contribution in [2.24, 2.45) is 5.92 Å². The van der Waals surface area contributed by atoms with Crippen LogP contribution < -0.4 is 15.0 Å². The van der Waals surface area contributed by atoms with E-state index in [0.717, 1.165) is 38.2 Å². The van der Waals surface area contributed by atoms with E-state index in [0.29, 0.717) is 18.6 Å². The molecular formula is C20H31N2O2+. The second-order valence-electron chi connectivity index (χ2n) is 7.27. The van der Waals surface area contributed by atoms with Crippen LogP contribution in [0.5, 0.6) is 5.75 Å². The summed E-state index contributed by atoms with van der Waals surface area (Å²) in [7, 11) is 0. The van der Waals surface area contributed by atoms with Crippen molar-refractivity contribution in [3.8, 4) is 5.75 Å². The van der Waals surface area contributed by atoms with Gasteiger partial charge in [0.1, 0.15) is 12.3 Å². The van der Waals surface area contributed by atoms with Crippen molar-refractivity contribution < 1.29 is 14.4 Å². The molecule has 0 atom stereocenters. The molecule has 1 amide bonds. The molecule has 24 heavy (non-hydrogen) atoms. The summed E-state index contributed by atoms with van der Waals surface area (Å²) >= 11 is 0. The lowest BCUT2D eigenvalue weighted by Gasteiger charge is -2.29. The van der Waals surface area contributed by atoms with Crippen LogP contribution in [0, 0.1) is 5.92 Å². The molecule has 132 valence electrons. The number of carbonyl (C=O) groups is 1. The Morgan fingerprint density at radius 2 is 1.79 bits per heavy atom. The van der Waals surface area contributed by atoms with Crippen molar-refractivity contribution in [1.82, 2.24) is 5.32 Å². The van der Waals surface area contributed by atoms with E-state index in [1.165, 1.54) is 31.2 Å². The molecule has 3 rings (SSSR count). The van der Waals surface area contributed by atoms with Gasteiger partial charge in [0.2, 0.25) is 5.91 Å². The van der Waals surface area contributed by atoms with E-state index in [9.17, 15) is 4.79 Å². The quantitative estimate of drug-likeness (QED) is 0.837. The average Bonchev–Trinajstić information content (AvgIpc) is 3.10. The van der Waals surface area contributed by atoms with Crippen LogP contribution in [0.2, 0.25) is 0 Å². The molecule has 1 aliphatic heterocycles. The number of quaternary nitrogens is 1. The molecule has 0 bridgehead atoms. The third-order valence-corrected chi connectivity index (χ3v) is 5.45. The summed E-state index contributed by atoms with van der Waals surface area (Å²) in [6, 6.07) is 8.89. The Morgan fingerprint density at radius 1 is 1.12 bits per heavy atom. The second-order valence-corrected chi connectivity index (χ2v) is 7.27. The minimum atomic E-state index is 0.231. The Hall–Kier alpha value is -1.55. The first kappa shape index (κ1) is 17.3. The lowest BCUT2D eigenvalue weighted by Crippen LogP contribution is -3.11. The van der Waals surface area contributed by atoms with E-state index < -0.39 is 0 Å². The van der Waals surface area contributed by atoms with Crippen LogP contribution in [-0.2, 0) is 11.3 Å². The number of rotatable bonds is 6. The third kappa shape index (κ3) is 4.73. The molecule has 0 radical (unpaired) electrons. The van der Waals surface area contributed by atoms with Crippen molar-refractivity contribution in [3.63, 3.8) is 0 Å². The summed E-state index contributed by atoms with van der Waals surface area (Å²) in [6.45, 7) is 5.95. The summed E-state index contributed by atoms with van der Waals surface area (Å²) in [5.74, 6) is 1.48. The van der Waals surface area contributed by atoms with Crippen LogP contribution in [-0.4, -0.2) is 31.6 Å². The number of benzene rings is 1. The number of piperidine rings is 1. The highest BCUT2D eigenvalue weighted by Gasteiger charge is 2.29. The molecule has 1 saturated carbocycles. The van der Waals surface area contributed by atoms with Gasteiger partial charge < -0.3 is 15.0 Å². The zero-order valence-corrected chi connectivity index (χ0v) is 14.9. The molecule has 1 saturated heterocycles. The van der Waals surface area contributed by atoms with Gasteiger partial charge in [0.05, 0.1) is 19.7 Å². The Morgan fingerprint density at radius 3 is 2.42 bits per heavy atom. The maximum atomic E-state index is 12.4. The van der Waals surface area contributed by atoms with Crippen LogP contribution in [0.3, 0.4) is 0 Å². The van der Waals surface area contributed by atoms with Crippen molar-refractivity contribution in [2.75, 3.05) is 19.7 Å². The molecule has 1 heterocycles. The topological polar surface area (TPSA) is 42.8 Å². The maximum absolute atomic E-state index is 12.4. The van der Waals surface area contributed by atoms with Gasteiger partial charge in [-0.3, -0.25) is 4.79 Å². The minimum Gasteiger partial charge on any atom is -0.494 e. The van der Waals surface area contributed by atoms with Gasteiger partial charge in [0, 0.05) is 30.4 Å². The van der Waals surface area contributed by atoms with Crippen molar-refractivity contribution in [2.45, 2.75) is 58.0 Å². The van der Waals surface area contributed by atoms with Gasteiger partial charge in [0.25, 0.3) is 0 Å². The lowest BCUT2D eigenvalue weighted by molar-refractivity contribution is -0.919. The molecule has 4 heteroatoms. The molecule has 0 aromatic heterocycles. The summed E-state index contributed by atoms with van der Waals surface area (Å²) in [4.78, 5) is 14.0. The van der Waals surface area contributed by atoms with Gasteiger partial charge in [-0.05, 0) is 44.0 Å². The number of hydrogen-bond donors (Lipinski definition) is 2. The summed E-state index contributed by atoms with van der Waals surface area (Å²) in [5.41, 5.74) is 1.35. The standard InChI is InChI=1S/C20H30N2O2/c1-2-24-19-9-7-16(8-10-19)15-22-13-11-17(12-14-22)20(23)21-18-5-3-4-6-18/h7-10,17-18H,2-6,11-15H2,1H3,(H,21,23)/p+1. The molecule has 2 N–H and O–H groups in total. The highest BCUT2D eigenvalue weighted by Crippen LogP contribution is 2.19. The number of likely N-dealkylation sites (tertiary alicyclic amines) is 1. The molecular weight excluding hydrogens is 300 g/mol. The average molecular weight is 331 g/mol. The molecule has 2 aliphatic rings. The smallest absolute Gasteiger partial charge is 0.223 e. The Bertz CT molecular complexity index is 515. The second kappa shape index (κ2) is 8.52. The summed E-state index contributed by atoms with van der Waals surface area (Å²) in [6.07, 6.45) is 6.93. The fourth-order valence-corrected chi connectivity index (χ4v) is 4.01. The SMILES string of the molecule is CCOc1ccc(C[NH+]2CCC(C(=O)NC3CCCC3)CC2)cc1. The predicted octanol–water partition coefficient (Wildman–Crippen LogP) is 1.94. The zero-order valence-electron chi connectivity index (χ0n) is 14.9. The molecule has 1 aliphatic carbocycles. The predicted molar refractivity (Wildman–Crippen MR) is 95.1 cm³/mol. The van der Waals surface area contributed by atoms with Gasteiger partial charge in [-0.15, -0.1) is 0 Å². The van der Waals surface area contributed by atoms with E-state index in [4.69, 9.17) is 4.74 Å². The van der Waals surface area contributed by atoms with Crippen molar-refractivity contribution >= 4 is 5.91 Å². The minimum absolute atomic E-state index is 0.231. The molecule has 0 spiro atoms. The zero-order chi connectivity index (χ0) is 16.8. The normalized spacial score (nSPS) is 24.7. The van der Waals surface area contributed by atoms with Gasteiger partial charge in [-0.2, -0.15) is 0 Å². The van der Waals surface area contributed by atoms with Gasteiger partial charge in [-0.1, -0.05) is 12.8 Å². The van der Waals surface area contributed by atoms with E-state index in [-0.39, 0.29) is 5.92 Å². The highest BCUT2D eigenvalue weighted by molar-refractivity contribution is 5.79. The molecule has 1 aromatic carbocycles. The Balaban J connectivity index is 1.42. The van der Waals surface area contributed by atoms with E-state index in [2.05, 4.69) is 29.6 Å². The first-order valence-electron chi connectivity index (χ1n) is 9.60. The van der Waals surface area contributed by atoms with Crippen LogP contribution >= 0.6 is 0 Å². The number of hydrogen-bond acceptors (Lipinski definition) is 2. The Kier molecular flexibility index (Phi) is 6.13. The van der Waals surface area contributed by atoms with E-state index in [1.807, 2.05) is 6.92 Å². The van der Waals surface area contributed by atoms with E-state index in [1.54, 1.807) is 4.90 Å². The highest BCUT2D eigenvalue weighted by atomic mass is 16.5. The van der Waals surface area contributed by atoms with Gasteiger partial charge >= 0.3 is 0 Å². The number of amides is 1. The fraction of sp³-hybridized carbons (Fsp3) is 0.650. The number of ether oxygens (including phenoxy) is 1. The van der Waals surface area contributed by atoms with Crippen LogP contribution in [0.25, 0.3) is 0 Å². The van der Waals surface area contributed by atoms with Crippen LogP contribution in [0.4, 0.5) is 0 Å². The summed E-state index contributed by atoms with van der Waals surface area (Å²) < 4.78 is 5.49. The van der Waals surface area contributed by atoms with E-state index >= 15 is 0 Å². The first-order valence-corrected chi connectivity index (χ1v) is 9.60. The van der Waals surface area contributed by atoms with Crippen molar-refractivity contribution in [3.05, 3.63) is 29.8 Å². The fourth-order valence-electron chi connectivity index (χ4n) is 4.01. The third-order valence-electron chi connectivity index (χ3n) is 5.45. The van der Waals surface area contributed by atoms with Crippen molar-refractivity contribution in [1.29, 1.82) is 0 Å². The Labute approximate surface area is 145 Å². The lowest BCUT2D eigenvalue weighted by atomic mass is 9.95. The number of carbonyl (C=O) groups excluding carboxylic acids is 1. The molecule has 1 aromatic rings. The van der Waals surface area contributed by atoms with Gasteiger partial charge in [-0.25, -0.2) is 0 Å². The largest absolute Gasteiger partial charge is 0.494 e. The monoisotopic (exact) mass is 331 g/mol. The molecule has 2 fully saturated rings. The molecule has 4 nitrogen and oxygen atoms in total. The molecule has 0 unspecified atom stereocenters.